The molecule has 0 fully saturated rings. The van der Waals surface area contributed by atoms with Gasteiger partial charge in [0.25, 0.3) is 10.0 Å². The van der Waals surface area contributed by atoms with Crippen molar-refractivity contribution in [3.8, 4) is 0 Å². The standard InChI is InChI=1S/C21H18ClFN2O3S/c1-15-6-12-18(13-7-15)29(27,28)25(20-5-3-2-4-19(20)22)14-21(26)24-17-10-8-16(23)9-11-17/h2-13H,14H2,1H3,(H,24,26). The van der Waals surface area contributed by atoms with Crippen molar-refractivity contribution >= 4 is 38.9 Å². The molecule has 1 amide bonds. The van der Waals surface area contributed by atoms with Gasteiger partial charge >= 0.3 is 0 Å². The number of carbonyl (C=O) groups excluding carboxylic acids is 1. The first-order chi connectivity index (χ1) is 13.8. The highest BCUT2D eigenvalue weighted by Gasteiger charge is 2.28. The van der Waals surface area contributed by atoms with Crippen LogP contribution >= 0.6 is 11.6 Å². The number of anilines is 2. The maximum atomic E-state index is 13.3. The zero-order chi connectivity index (χ0) is 21.0. The molecule has 150 valence electrons. The lowest BCUT2D eigenvalue weighted by molar-refractivity contribution is -0.114. The van der Waals surface area contributed by atoms with Crippen molar-refractivity contribution < 1.29 is 17.6 Å². The van der Waals surface area contributed by atoms with Gasteiger partial charge in [0, 0.05) is 5.69 Å². The second kappa shape index (κ2) is 8.63. The van der Waals surface area contributed by atoms with Crippen LogP contribution in [0.25, 0.3) is 0 Å². The van der Waals surface area contributed by atoms with Gasteiger partial charge in [-0.15, -0.1) is 0 Å². The van der Waals surface area contributed by atoms with Gasteiger partial charge < -0.3 is 5.32 Å². The molecule has 0 atom stereocenters. The van der Waals surface area contributed by atoms with Gasteiger partial charge in [0.2, 0.25) is 5.91 Å². The molecule has 0 bridgehead atoms. The Balaban J connectivity index is 1.95. The first-order valence-corrected chi connectivity index (χ1v) is 10.5. The van der Waals surface area contributed by atoms with Crippen LogP contribution in [0.3, 0.4) is 0 Å². The number of hydrogen-bond acceptors (Lipinski definition) is 3. The lowest BCUT2D eigenvalue weighted by Crippen LogP contribution is -2.38. The van der Waals surface area contributed by atoms with E-state index in [1.807, 2.05) is 6.92 Å². The molecule has 29 heavy (non-hydrogen) atoms. The Morgan fingerprint density at radius 2 is 1.62 bits per heavy atom. The van der Waals surface area contributed by atoms with Crippen LogP contribution in [-0.4, -0.2) is 20.9 Å². The fourth-order valence-electron chi connectivity index (χ4n) is 2.66. The summed E-state index contributed by atoms with van der Waals surface area (Å²) in [5.74, 6) is -1.03. The predicted octanol–water partition coefficient (Wildman–Crippen LogP) is 4.62. The van der Waals surface area contributed by atoms with Crippen molar-refractivity contribution in [2.45, 2.75) is 11.8 Å². The summed E-state index contributed by atoms with van der Waals surface area (Å²) in [4.78, 5) is 12.6. The van der Waals surface area contributed by atoms with Crippen LogP contribution in [-0.2, 0) is 14.8 Å². The molecule has 3 aromatic carbocycles. The molecule has 0 aromatic heterocycles. The number of nitrogens with one attached hydrogen (secondary N) is 1. The molecule has 0 unspecified atom stereocenters. The maximum absolute atomic E-state index is 13.3. The Hall–Kier alpha value is -2.90. The summed E-state index contributed by atoms with van der Waals surface area (Å²) in [5.41, 5.74) is 1.44. The fourth-order valence-corrected chi connectivity index (χ4v) is 4.38. The molecule has 3 rings (SSSR count). The zero-order valence-corrected chi connectivity index (χ0v) is 17.0. The summed E-state index contributed by atoms with van der Waals surface area (Å²) in [6.45, 7) is 1.34. The second-order valence-corrected chi connectivity index (χ2v) is 8.60. The van der Waals surface area contributed by atoms with Crippen molar-refractivity contribution in [1.82, 2.24) is 0 Å². The monoisotopic (exact) mass is 432 g/mol. The average Bonchev–Trinajstić information content (AvgIpc) is 2.69. The van der Waals surface area contributed by atoms with Crippen LogP contribution in [0.4, 0.5) is 15.8 Å². The minimum absolute atomic E-state index is 0.0394. The fraction of sp³-hybridized carbons (Fsp3) is 0.0952. The van der Waals surface area contributed by atoms with Gasteiger partial charge in [0.15, 0.2) is 0 Å². The van der Waals surface area contributed by atoms with E-state index in [1.54, 1.807) is 30.3 Å². The van der Waals surface area contributed by atoms with Crippen molar-refractivity contribution in [3.63, 3.8) is 0 Å². The number of halogens is 2. The highest BCUT2D eigenvalue weighted by atomic mass is 35.5. The second-order valence-electron chi connectivity index (χ2n) is 6.33. The number of nitrogens with zero attached hydrogens (tertiary/aromatic N) is 1. The highest BCUT2D eigenvalue weighted by Crippen LogP contribution is 2.30. The van der Waals surface area contributed by atoms with Crippen LogP contribution in [0.1, 0.15) is 5.56 Å². The first-order valence-electron chi connectivity index (χ1n) is 8.67. The van der Waals surface area contributed by atoms with Crippen LogP contribution in [0.2, 0.25) is 5.02 Å². The van der Waals surface area contributed by atoms with E-state index in [0.717, 1.165) is 9.87 Å². The van der Waals surface area contributed by atoms with Crippen molar-refractivity contribution in [3.05, 3.63) is 89.2 Å². The van der Waals surface area contributed by atoms with E-state index in [9.17, 15) is 17.6 Å². The van der Waals surface area contributed by atoms with Crippen LogP contribution in [0.5, 0.6) is 0 Å². The van der Waals surface area contributed by atoms with Gasteiger partial charge in [-0.3, -0.25) is 9.10 Å². The molecule has 0 saturated heterocycles. The average molecular weight is 433 g/mol. The van der Waals surface area contributed by atoms with Crippen molar-refractivity contribution in [2.75, 3.05) is 16.2 Å². The van der Waals surface area contributed by atoms with Crippen LogP contribution in [0.15, 0.2) is 77.7 Å². The molecule has 8 heteroatoms. The van der Waals surface area contributed by atoms with Gasteiger partial charge in [0.1, 0.15) is 12.4 Å². The minimum Gasteiger partial charge on any atom is -0.325 e. The lowest BCUT2D eigenvalue weighted by Gasteiger charge is -2.25. The summed E-state index contributed by atoms with van der Waals surface area (Å²) >= 11 is 6.22. The Morgan fingerprint density at radius 3 is 2.24 bits per heavy atom. The number of carbonyl (C=O) groups is 1. The topological polar surface area (TPSA) is 66.5 Å². The molecule has 0 aliphatic heterocycles. The van der Waals surface area contributed by atoms with Gasteiger partial charge in [-0.1, -0.05) is 41.4 Å². The molecule has 0 spiro atoms. The van der Waals surface area contributed by atoms with E-state index in [2.05, 4.69) is 5.32 Å². The summed E-state index contributed by atoms with van der Waals surface area (Å²) in [5, 5.41) is 2.76. The van der Waals surface area contributed by atoms with Gasteiger partial charge in [-0.25, -0.2) is 12.8 Å². The van der Waals surface area contributed by atoms with E-state index in [-0.39, 0.29) is 15.6 Å². The molecule has 0 radical (unpaired) electrons. The molecular formula is C21H18ClFN2O3S. The maximum Gasteiger partial charge on any atom is 0.264 e. The zero-order valence-electron chi connectivity index (χ0n) is 15.5. The number of rotatable bonds is 6. The quantitative estimate of drug-likeness (QED) is 0.618. The Kier molecular flexibility index (Phi) is 6.20. The van der Waals surface area contributed by atoms with E-state index < -0.39 is 28.3 Å². The number of sulfonamides is 1. The van der Waals surface area contributed by atoms with Crippen LogP contribution < -0.4 is 9.62 Å². The summed E-state index contributed by atoms with van der Waals surface area (Å²) in [6.07, 6.45) is 0. The molecular weight excluding hydrogens is 415 g/mol. The predicted molar refractivity (Wildman–Crippen MR) is 112 cm³/mol. The largest absolute Gasteiger partial charge is 0.325 e. The number of para-hydroxylation sites is 1. The molecule has 3 aromatic rings. The Labute approximate surface area is 173 Å². The summed E-state index contributed by atoms with van der Waals surface area (Å²) in [6, 6.07) is 17.9. The number of amides is 1. The van der Waals surface area contributed by atoms with Crippen LogP contribution in [0, 0.1) is 12.7 Å². The third-order valence-electron chi connectivity index (χ3n) is 4.15. The van der Waals surface area contributed by atoms with Gasteiger partial charge in [-0.05, 0) is 55.5 Å². The number of aryl methyl sites for hydroxylation is 1. The lowest BCUT2D eigenvalue weighted by atomic mass is 10.2. The van der Waals surface area contributed by atoms with Crippen molar-refractivity contribution in [2.24, 2.45) is 0 Å². The smallest absolute Gasteiger partial charge is 0.264 e. The molecule has 0 saturated carbocycles. The van der Waals surface area contributed by atoms with Gasteiger partial charge in [-0.2, -0.15) is 0 Å². The minimum atomic E-state index is -4.06. The molecule has 0 aliphatic carbocycles. The van der Waals surface area contributed by atoms with E-state index >= 15 is 0 Å². The first kappa shape index (κ1) is 20.8. The molecule has 1 N–H and O–H groups in total. The Bertz CT molecular complexity index is 1120. The molecule has 0 heterocycles. The summed E-state index contributed by atoms with van der Waals surface area (Å²) in [7, 11) is -4.06. The SMILES string of the molecule is Cc1ccc(S(=O)(=O)N(CC(=O)Nc2ccc(F)cc2)c2ccccc2Cl)cc1. The third-order valence-corrected chi connectivity index (χ3v) is 6.24. The number of hydrogen-bond donors (Lipinski definition) is 1. The van der Waals surface area contributed by atoms with E-state index in [0.29, 0.717) is 5.69 Å². The molecule has 5 nitrogen and oxygen atoms in total. The Morgan fingerprint density at radius 1 is 1.00 bits per heavy atom. The normalized spacial score (nSPS) is 11.1. The third kappa shape index (κ3) is 4.93. The highest BCUT2D eigenvalue weighted by molar-refractivity contribution is 7.92. The van der Waals surface area contributed by atoms with E-state index in [4.69, 9.17) is 11.6 Å². The van der Waals surface area contributed by atoms with Gasteiger partial charge in [0.05, 0.1) is 15.6 Å². The van der Waals surface area contributed by atoms with E-state index in [1.165, 1.54) is 42.5 Å². The molecule has 0 aliphatic rings. The number of benzene rings is 3. The van der Waals surface area contributed by atoms with Crippen molar-refractivity contribution in [1.29, 1.82) is 0 Å². The summed E-state index contributed by atoms with van der Waals surface area (Å²) < 4.78 is 40.5.